The Labute approximate surface area is 180 Å². The summed E-state index contributed by atoms with van der Waals surface area (Å²) in [6.45, 7) is 0.255. The zero-order valence-electron chi connectivity index (χ0n) is 16.1. The number of nitrogens with zero attached hydrogens (tertiary/aromatic N) is 3. The summed E-state index contributed by atoms with van der Waals surface area (Å²) in [4.78, 5) is 31.9. The summed E-state index contributed by atoms with van der Waals surface area (Å²) in [6, 6.07) is 17.2. The Kier molecular flexibility index (Phi) is 5.96. The van der Waals surface area contributed by atoms with Gasteiger partial charge in [-0.2, -0.15) is 0 Å². The second-order valence-corrected chi connectivity index (χ2v) is 8.48. The number of carbonyl (C=O) groups is 1. The van der Waals surface area contributed by atoms with Crippen molar-refractivity contribution in [3.8, 4) is 0 Å². The van der Waals surface area contributed by atoms with Crippen LogP contribution in [0.25, 0.3) is 10.2 Å². The molecule has 2 aromatic heterocycles. The van der Waals surface area contributed by atoms with Gasteiger partial charge in [-0.15, -0.1) is 11.3 Å². The Balaban J connectivity index is 1.61. The van der Waals surface area contributed by atoms with E-state index in [4.69, 9.17) is 0 Å². The SMILES string of the molecule is CN(C(=O)CSc1nc2ccsc2c(=O)n1Cc1ccc(F)cc1)c1ccccc1. The quantitative estimate of drug-likeness (QED) is 0.330. The van der Waals surface area contributed by atoms with Crippen LogP contribution in [0.3, 0.4) is 0 Å². The summed E-state index contributed by atoms with van der Waals surface area (Å²) >= 11 is 2.56. The van der Waals surface area contributed by atoms with Crippen LogP contribution in [0.5, 0.6) is 0 Å². The topological polar surface area (TPSA) is 55.2 Å². The number of anilines is 1. The molecule has 5 nitrogen and oxygen atoms in total. The Morgan fingerprint density at radius 1 is 1.13 bits per heavy atom. The monoisotopic (exact) mass is 439 g/mol. The molecule has 8 heteroatoms. The van der Waals surface area contributed by atoms with E-state index >= 15 is 0 Å². The molecule has 0 bridgehead atoms. The Hall–Kier alpha value is -2.97. The molecule has 0 fully saturated rings. The average molecular weight is 440 g/mol. The van der Waals surface area contributed by atoms with Crippen LogP contribution in [0, 0.1) is 5.82 Å². The van der Waals surface area contributed by atoms with Crippen LogP contribution in [0.2, 0.25) is 0 Å². The van der Waals surface area contributed by atoms with Crippen LogP contribution in [-0.2, 0) is 11.3 Å². The first-order chi connectivity index (χ1) is 14.5. The molecule has 4 rings (SSSR count). The van der Waals surface area contributed by atoms with Gasteiger partial charge >= 0.3 is 0 Å². The minimum absolute atomic E-state index is 0.0980. The molecule has 0 aliphatic carbocycles. The molecule has 0 atom stereocenters. The molecule has 152 valence electrons. The summed E-state index contributed by atoms with van der Waals surface area (Å²) < 4.78 is 15.4. The maximum absolute atomic E-state index is 13.3. The fourth-order valence-electron chi connectivity index (χ4n) is 2.96. The second kappa shape index (κ2) is 8.81. The number of thioether (sulfide) groups is 1. The lowest BCUT2D eigenvalue weighted by Gasteiger charge is -2.17. The molecule has 0 unspecified atom stereocenters. The summed E-state index contributed by atoms with van der Waals surface area (Å²) in [5.41, 5.74) is 2.04. The molecule has 0 radical (unpaired) electrons. The molecule has 1 amide bonds. The van der Waals surface area contributed by atoms with E-state index in [1.165, 1.54) is 35.2 Å². The fraction of sp³-hybridized carbons (Fsp3) is 0.136. The van der Waals surface area contributed by atoms with Crippen LogP contribution >= 0.6 is 23.1 Å². The van der Waals surface area contributed by atoms with E-state index in [-0.39, 0.29) is 29.6 Å². The molecule has 0 saturated heterocycles. The van der Waals surface area contributed by atoms with Gasteiger partial charge in [0.05, 0.1) is 17.8 Å². The van der Waals surface area contributed by atoms with Crippen LogP contribution in [-0.4, -0.2) is 28.3 Å². The van der Waals surface area contributed by atoms with E-state index in [9.17, 15) is 14.0 Å². The normalized spacial score (nSPS) is 11.0. The number of para-hydroxylation sites is 1. The minimum atomic E-state index is -0.331. The van der Waals surface area contributed by atoms with Crippen molar-refractivity contribution in [2.75, 3.05) is 17.7 Å². The van der Waals surface area contributed by atoms with Crippen molar-refractivity contribution in [1.82, 2.24) is 9.55 Å². The lowest BCUT2D eigenvalue weighted by atomic mass is 10.2. The van der Waals surface area contributed by atoms with Crippen molar-refractivity contribution in [1.29, 1.82) is 0 Å². The van der Waals surface area contributed by atoms with Gasteiger partial charge in [-0.25, -0.2) is 9.37 Å². The third-order valence-corrected chi connectivity index (χ3v) is 6.48. The molecule has 4 aromatic rings. The highest BCUT2D eigenvalue weighted by atomic mass is 32.2. The van der Waals surface area contributed by atoms with Gasteiger partial charge in [-0.1, -0.05) is 42.1 Å². The third kappa shape index (κ3) is 4.29. The maximum Gasteiger partial charge on any atom is 0.272 e. The van der Waals surface area contributed by atoms with Crippen molar-refractivity contribution < 1.29 is 9.18 Å². The summed E-state index contributed by atoms with van der Waals surface area (Å²) in [7, 11) is 1.72. The Morgan fingerprint density at radius 3 is 2.60 bits per heavy atom. The van der Waals surface area contributed by atoms with Gasteiger partial charge in [-0.3, -0.25) is 14.2 Å². The predicted molar refractivity (Wildman–Crippen MR) is 120 cm³/mol. The van der Waals surface area contributed by atoms with E-state index < -0.39 is 0 Å². The minimum Gasteiger partial charge on any atom is -0.315 e. The van der Waals surface area contributed by atoms with Gasteiger partial charge in [0.2, 0.25) is 5.91 Å². The Bertz CT molecular complexity index is 1240. The number of thiophene rings is 1. The van der Waals surface area contributed by atoms with Gasteiger partial charge in [-0.05, 0) is 41.3 Å². The summed E-state index contributed by atoms with van der Waals surface area (Å²) in [5, 5.41) is 2.29. The number of benzene rings is 2. The zero-order valence-corrected chi connectivity index (χ0v) is 17.8. The zero-order chi connectivity index (χ0) is 21.1. The molecule has 0 saturated carbocycles. The smallest absolute Gasteiger partial charge is 0.272 e. The number of carbonyl (C=O) groups excluding carboxylic acids is 1. The highest BCUT2D eigenvalue weighted by Crippen LogP contribution is 2.23. The van der Waals surface area contributed by atoms with Crippen LogP contribution < -0.4 is 10.5 Å². The fourth-order valence-corrected chi connectivity index (χ4v) is 4.66. The first-order valence-electron chi connectivity index (χ1n) is 9.20. The van der Waals surface area contributed by atoms with Gasteiger partial charge in [0.15, 0.2) is 5.16 Å². The van der Waals surface area contributed by atoms with Crippen LogP contribution in [0.4, 0.5) is 10.1 Å². The number of fused-ring (bicyclic) bond motifs is 1. The van der Waals surface area contributed by atoms with E-state index in [0.717, 1.165) is 11.3 Å². The number of rotatable bonds is 6. The van der Waals surface area contributed by atoms with E-state index in [0.29, 0.717) is 15.4 Å². The van der Waals surface area contributed by atoms with Gasteiger partial charge < -0.3 is 4.90 Å². The van der Waals surface area contributed by atoms with Crippen LogP contribution in [0.15, 0.2) is 76.0 Å². The van der Waals surface area contributed by atoms with Crippen molar-refractivity contribution in [3.63, 3.8) is 0 Å². The number of hydrogen-bond acceptors (Lipinski definition) is 5. The molecular weight excluding hydrogens is 421 g/mol. The van der Waals surface area contributed by atoms with Crippen molar-refractivity contribution in [2.45, 2.75) is 11.7 Å². The van der Waals surface area contributed by atoms with Crippen molar-refractivity contribution >= 4 is 44.9 Å². The van der Waals surface area contributed by atoms with Crippen LogP contribution in [0.1, 0.15) is 5.56 Å². The molecule has 30 heavy (non-hydrogen) atoms. The highest BCUT2D eigenvalue weighted by Gasteiger charge is 2.17. The first kappa shape index (κ1) is 20.3. The second-order valence-electron chi connectivity index (χ2n) is 6.62. The molecule has 0 aliphatic rings. The lowest BCUT2D eigenvalue weighted by molar-refractivity contribution is -0.115. The number of aromatic nitrogens is 2. The van der Waals surface area contributed by atoms with Gasteiger partial charge in [0, 0.05) is 12.7 Å². The number of hydrogen-bond donors (Lipinski definition) is 0. The summed E-state index contributed by atoms with van der Waals surface area (Å²) in [5.74, 6) is -0.294. The summed E-state index contributed by atoms with van der Waals surface area (Å²) in [6.07, 6.45) is 0. The molecule has 0 spiro atoms. The molecule has 0 N–H and O–H groups in total. The largest absolute Gasteiger partial charge is 0.315 e. The first-order valence-corrected chi connectivity index (χ1v) is 11.1. The molecule has 2 aromatic carbocycles. The number of halogens is 1. The van der Waals surface area contributed by atoms with Crippen molar-refractivity contribution in [2.24, 2.45) is 0 Å². The van der Waals surface area contributed by atoms with Crippen molar-refractivity contribution in [3.05, 3.63) is 87.8 Å². The predicted octanol–water partition coefficient (Wildman–Crippen LogP) is 4.40. The Morgan fingerprint density at radius 2 is 1.87 bits per heavy atom. The standard InChI is InChI=1S/C22H18FN3O2S2/c1-25(17-5-3-2-4-6-17)19(27)14-30-22-24-18-11-12-29-20(18)21(28)26(22)13-15-7-9-16(23)10-8-15/h2-12H,13-14H2,1H3. The van der Waals surface area contributed by atoms with E-state index in [1.807, 2.05) is 35.7 Å². The molecule has 2 heterocycles. The molecule has 0 aliphatic heterocycles. The average Bonchev–Trinajstić information content (AvgIpc) is 3.24. The highest BCUT2D eigenvalue weighted by molar-refractivity contribution is 7.99. The van der Waals surface area contributed by atoms with E-state index in [1.54, 1.807) is 34.7 Å². The van der Waals surface area contributed by atoms with Gasteiger partial charge in [0.1, 0.15) is 10.5 Å². The third-order valence-electron chi connectivity index (χ3n) is 4.63. The number of amides is 1. The molecular formula is C22H18FN3O2S2. The van der Waals surface area contributed by atoms with Gasteiger partial charge in [0.25, 0.3) is 5.56 Å². The lowest BCUT2D eigenvalue weighted by Crippen LogP contribution is -2.29. The maximum atomic E-state index is 13.3. The van der Waals surface area contributed by atoms with E-state index in [2.05, 4.69) is 4.98 Å².